The molecule has 0 spiro atoms. The molecule has 0 bridgehead atoms. The summed E-state index contributed by atoms with van der Waals surface area (Å²) in [5.74, 6) is 1.28. The summed E-state index contributed by atoms with van der Waals surface area (Å²) in [6.45, 7) is 7.14. The van der Waals surface area contributed by atoms with E-state index in [1.165, 1.54) is 0 Å². The Kier molecular flexibility index (Phi) is 5.75. The number of carbonyl (C=O) groups is 1. The van der Waals surface area contributed by atoms with Crippen molar-refractivity contribution in [3.8, 4) is 0 Å². The molecule has 6 heteroatoms. The zero-order chi connectivity index (χ0) is 19.4. The Hall–Kier alpha value is -2.47. The molecular weight excluding hydrogens is 340 g/mol. The van der Waals surface area contributed by atoms with Gasteiger partial charge in [-0.25, -0.2) is 4.98 Å². The average molecular weight is 368 g/mol. The second-order valence-electron chi connectivity index (χ2n) is 7.55. The number of hydrogen-bond donors (Lipinski definition) is 1. The predicted octanol–water partition coefficient (Wildman–Crippen LogP) is 3.66. The van der Waals surface area contributed by atoms with Crippen LogP contribution in [0.1, 0.15) is 43.9 Å². The highest BCUT2D eigenvalue weighted by Gasteiger charge is 2.34. The van der Waals surface area contributed by atoms with Gasteiger partial charge in [0, 0.05) is 38.0 Å². The number of anilines is 2. The Morgan fingerprint density at radius 2 is 1.96 bits per heavy atom. The third-order valence-corrected chi connectivity index (χ3v) is 5.28. The standard InChI is InChI=1S/C21H28N4O2/c1-15-6-5-11-22-19(15)24-17-7-8-18(23-14-17)16-9-12-25(13-10-16)20(26)21(2,3)27-4/h5-8,11,14,16H,9-10,12-13H2,1-4H3,(H,22,24). The van der Waals surface area contributed by atoms with Crippen LogP contribution in [0.15, 0.2) is 36.7 Å². The Labute approximate surface area is 161 Å². The highest BCUT2D eigenvalue weighted by Crippen LogP contribution is 2.29. The van der Waals surface area contributed by atoms with E-state index in [-0.39, 0.29) is 5.91 Å². The van der Waals surface area contributed by atoms with E-state index in [4.69, 9.17) is 4.74 Å². The third kappa shape index (κ3) is 4.45. The number of ether oxygens (including phenoxy) is 1. The van der Waals surface area contributed by atoms with Crippen LogP contribution in [-0.4, -0.2) is 46.6 Å². The second-order valence-corrected chi connectivity index (χ2v) is 7.55. The Bertz CT molecular complexity index is 781. The lowest BCUT2D eigenvalue weighted by Crippen LogP contribution is -2.49. The lowest BCUT2D eigenvalue weighted by atomic mass is 9.92. The zero-order valence-electron chi connectivity index (χ0n) is 16.5. The Morgan fingerprint density at radius 1 is 1.22 bits per heavy atom. The quantitative estimate of drug-likeness (QED) is 0.872. The topological polar surface area (TPSA) is 67.3 Å². The minimum atomic E-state index is -0.762. The van der Waals surface area contributed by atoms with Crippen LogP contribution in [-0.2, 0) is 9.53 Å². The molecule has 1 saturated heterocycles. The van der Waals surface area contributed by atoms with E-state index in [1.807, 2.05) is 50.1 Å². The number of pyridine rings is 2. The molecule has 144 valence electrons. The van der Waals surface area contributed by atoms with Gasteiger partial charge in [-0.3, -0.25) is 9.78 Å². The lowest BCUT2D eigenvalue weighted by Gasteiger charge is -2.36. The summed E-state index contributed by atoms with van der Waals surface area (Å²) in [5.41, 5.74) is 2.34. The van der Waals surface area contributed by atoms with Crippen molar-refractivity contribution in [1.29, 1.82) is 0 Å². The van der Waals surface area contributed by atoms with Crippen molar-refractivity contribution in [3.05, 3.63) is 47.9 Å². The largest absolute Gasteiger partial charge is 0.369 e. The normalized spacial score (nSPS) is 15.6. The van der Waals surface area contributed by atoms with Gasteiger partial charge in [-0.2, -0.15) is 0 Å². The number of hydrogen-bond acceptors (Lipinski definition) is 5. The molecule has 1 amide bonds. The summed E-state index contributed by atoms with van der Waals surface area (Å²) in [5, 5.41) is 3.31. The van der Waals surface area contributed by atoms with Crippen LogP contribution >= 0.6 is 0 Å². The second kappa shape index (κ2) is 8.05. The van der Waals surface area contributed by atoms with E-state index in [9.17, 15) is 4.79 Å². The maximum Gasteiger partial charge on any atom is 0.254 e. The van der Waals surface area contributed by atoms with Crippen LogP contribution in [0.3, 0.4) is 0 Å². The van der Waals surface area contributed by atoms with Crippen LogP contribution in [0.4, 0.5) is 11.5 Å². The van der Waals surface area contributed by atoms with Gasteiger partial charge in [-0.1, -0.05) is 6.07 Å². The first-order chi connectivity index (χ1) is 12.9. The highest BCUT2D eigenvalue weighted by atomic mass is 16.5. The molecule has 1 aliphatic rings. The lowest BCUT2D eigenvalue weighted by molar-refractivity contribution is -0.152. The van der Waals surface area contributed by atoms with Crippen LogP contribution in [0.2, 0.25) is 0 Å². The first-order valence-electron chi connectivity index (χ1n) is 9.40. The third-order valence-electron chi connectivity index (χ3n) is 5.28. The van der Waals surface area contributed by atoms with Gasteiger partial charge in [0.05, 0.1) is 11.9 Å². The molecule has 2 aromatic rings. The minimum Gasteiger partial charge on any atom is -0.369 e. The molecule has 1 fully saturated rings. The summed E-state index contributed by atoms with van der Waals surface area (Å²) in [4.78, 5) is 23.4. The number of aromatic nitrogens is 2. The molecule has 0 radical (unpaired) electrons. The number of likely N-dealkylation sites (tertiary alicyclic amines) is 1. The van der Waals surface area contributed by atoms with Gasteiger partial charge < -0.3 is 15.0 Å². The molecule has 2 aromatic heterocycles. The molecule has 0 unspecified atom stereocenters. The van der Waals surface area contributed by atoms with E-state index in [0.717, 1.165) is 48.7 Å². The number of methoxy groups -OCH3 is 1. The number of nitrogens with zero attached hydrogens (tertiary/aromatic N) is 3. The van der Waals surface area contributed by atoms with Gasteiger partial charge in [0.15, 0.2) is 0 Å². The Morgan fingerprint density at radius 3 is 2.56 bits per heavy atom. The number of nitrogens with one attached hydrogen (secondary N) is 1. The van der Waals surface area contributed by atoms with Crippen molar-refractivity contribution < 1.29 is 9.53 Å². The monoisotopic (exact) mass is 368 g/mol. The first kappa shape index (κ1) is 19.3. The predicted molar refractivity (Wildman–Crippen MR) is 106 cm³/mol. The summed E-state index contributed by atoms with van der Waals surface area (Å²) in [7, 11) is 1.58. The van der Waals surface area contributed by atoms with E-state index < -0.39 is 5.60 Å². The number of carbonyl (C=O) groups excluding carboxylic acids is 1. The average Bonchev–Trinajstić information content (AvgIpc) is 2.70. The number of aryl methyl sites for hydroxylation is 1. The molecule has 3 heterocycles. The molecule has 27 heavy (non-hydrogen) atoms. The smallest absolute Gasteiger partial charge is 0.254 e. The van der Waals surface area contributed by atoms with E-state index in [2.05, 4.69) is 21.4 Å². The molecule has 1 aliphatic heterocycles. The van der Waals surface area contributed by atoms with Gasteiger partial charge in [0.25, 0.3) is 5.91 Å². The van der Waals surface area contributed by atoms with Gasteiger partial charge in [0.1, 0.15) is 11.4 Å². The van der Waals surface area contributed by atoms with Gasteiger partial charge in [-0.05, 0) is 57.4 Å². The van der Waals surface area contributed by atoms with Gasteiger partial charge in [-0.15, -0.1) is 0 Å². The van der Waals surface area contributed by atoms with Crippen LogP contribution in [0.25, 0.3) is 0 Å². The van der Waals surface area contributed by atoms with Crippen molar-refractivity contribution >= 4 is 17.4 Å². The van der Waals surface area contributed by atoms with Crippen molar-refractivity contribution in [2.45, 2.75) is 45.1 Å². The fourth-order valence-electron chi connectivity index (χ4n) is 3.32. The summed E-state index contributed by atoms with van der Waals surface area (Å²) in [6, 6.07) is 8.06. The van der Waals surface area contributed by atoms with Gasteiger partial charge in [0.2, 0.25) is 0 Å². The van der Waals surface area contributed by atoms with Crippen LogP contribution in [0.5, 0.6) is 0 Å². The fraction of sp³-hybridized carbons (Fsp3) is 0.476. The van der Waals surface area contributed by atoms with Crippen molar-refractivity contribution in [2.75, 3.05) is 25.5 Å². The Balaban J connectivity index is 1.59. The summed E-state index contributed by atoms with van der Waals surface area (Å²) < 4.78 is 5.32. The van der Waals surface area contributed by atoms with E-state index in [1.54, 1.807) is 13.3 Å². The zero-order valence-corrected chi connectivity index (χ0v) is 16.5. The number of rotatable bonds is 5. The SMILES string of the molecule is COC(C)(C)C(=O)N1CCC(c2ccc(Nc3ncccc3C)cn2)CC1. The highest BCUT2D eigenvalue weighted by molar-refractivity contribution is 5.84. The fourth-order valence-corrected chi connectivity index (χ4v) is 3.32. The molecule has 0 atom stereocenters. The minimum absolute atomic E-state index is 0.0571. The van der Waals surface area contributed by atoms with Crippen molar-refractivity contribution in [1.82, 2.24) is 14.9 Å². The summed E-state index contributed by atoms with van der Waals surface area (Å²) in [6.07, 6.45) is 5.47. The summed E-state index contributed by atoms with van der Waals surface area (Å²) >= 11 is 0. The molecule has 0 aromatic carbocycles. The van der Waals surface area contributed by atoms with Crippen molar-refractivity contribution in [3.63, 3.8) is 0 Å². The number of amides is 1. The maximum absolute atomic E-state index is 12.5. The molecular formula is C21H28N4O2. The molecule has 1 N–H and O–H groups in total. The first-order valence-corrected chi connectivity index (χ1v) is 9.40. The molecule has 3 rings (SSSR count). The molecule has 0 saturated carbocycles. The maximum atomic E-state index is 12.5. The van der Waals surface area contributed by atoms with Gasteiger partial charge >= 0.3 is 0 Å². The molecule has 0 aliphatic carbocycles. The van der Waals surface area contributed by atoms with E-state index >= 15 is 0 Å². The number of piperidine rings is 1. The van der Waals surface area contributed by atoms with E-state index in [0.29, 0.717) is 5.92 Å². The van der Waals surface area contributed by atoms with Crippen LogP contribution < -0.4 is 5.32 Å². The van der Waals surface area contributed by atoms with Crippen LogP contribution in [0, 0.1) is 6.92 Å². The molecule has 6 nitrogen and oxygen atoms in total. The van der Waals surface area contributed by atoms with Crippen molar-refractivity contribution in [2.24, 2.45) is 0 Å².